The Morgan fingerprint density at radius 3 is 2.60 bits per heavy atom. The average Bonchev–Trinajstić information content (AvgIpc) is 2.26. The number of benzene rings is 2. The molecule has 0 radical (unpaired) electrons. The zero-order chi connectivity index (χ0) is 10.7. The molecule has 0 N–H and O–H groups in total. The highest BCUT2D eigenvalue weighted by molar-refractivity contribution is 8.00. The number of thioether (sulfide) groups is 1. The maximum absolute atomic E-state index is 5.93. The minimum absolute atomic E-state index is 0.790. The summed E-state index contributed by atoms with van der Waals surface area (Å²) in [6.07, 6.45) is 0. The van der Waals surface area contributed by atoms with Crippen LogP contribution in [0.3, 0.4) is 0 Å². The molecule has 0 saturated carbocycles. The first-order chi connectivity index (χ1) is 7.29. The van der Waals surface area contributed by atoms with Crippen LogP contribution in [0.5, 0.6) is 0 Å². The summed E-state index contributed by atoms with van der Waals surface area (Å²) in [6, 6.07) is 12.4. The van der Waals surface area contributed by atoms with Gasteiger partial charge >= 0.3 is 0 Å². The van der Waals surface area contributed by atoms with Gasteiger partial charge in [0.25, 0.3) is 0 Å². The van der Waals surface area contributed by atoms with Crippen LogP contribution in [0.25, 0.3) is 10.8 Å². The Labute approximate surface area is 104 Å². The minimum Gasteiger partial charge on any atom is -0.178 e. The van der Waals surface area contributed by atoms with E-state index in [0.29, 0.717) is 0 Å². The van der Waals surface area contributed by atoms with Gasteiger partial charge in [0.2, 0.25) is 0 Å². The van der Waals surface area contributed by atoms with Crippen LogP contribution in [0.15, 0.2) is 41.3 Å². The third-order valence-electron chi connectivity index (χ3n) is 2.13. The fourth-order valence-electron chi connectivity index (χ4n) is 1.45. The van der Waals surface area contributed by atoms with Crippen LogP contribution in [-0.2, 0) is 0 Å². The molecule has 0 aliphatic heterocycles. The lowest BCUT2D eigenvalue weighted by atomic mass is 10.1. The van der Waals surface area contributed by atoms with E-state index in [1.807, 2.05) is 23.9 Å². The summed E-state index contributed by atoms with van der Waals surface area (Å²) in [5, 5.41) is 3.22. The highest BCUT2D eigenvalue weighted by atomic mass is 35.5. The third-order valence-corrected chi connectivity index (χ3v) is 3.89. The molecule has 0 atom stereocenters. The first-order valence-electron chi connectivity index (χ1n) is 4.72. The van der Waals surface area contributed by atoms with Gasteiger partial charge in [-0.2, -0.15) is 12.6 Å². The highest BCUT2D eigenvalue weighted by Gasteiger charge is 1.97. The van der Waals surface area contributed by atoms with Gasteiger partial charge in [-0.25, -0.2) is 0 Å². The molecule has 0 nitrogen and oxygen atoms in total. The van der Waals surface area contributed by atoms with Crippen molar-refractivity contribution in [3.63, 3.8) is 0 Å². The lowest BCUT2D eigenvalue weighted by Crippen LogP contribution is -1.80. The molecule has 0 heterocycles. The van der Waals surface area contributed by atoms with Gasteiger partial charge in [-0.3, -0.25) is 0 Å². The quantitative estimate of drug-likeness (QED) is 0.621. The van der Waals surface area contributed by atoms with E-state index in [-0.39, 0.29) is 0 Å². The Bertz CT molecular complexity index is 468. The number of halogens is 1. The van der Waals surface area contributed by atoms with Crippen molar-refractivity contribution in [2.75, 3.05) is 11.5 Å². The van der Waals surface area contributed by atoms with Crippen molar-refractivity contribution in [3.05, 3.63) is 41.4 Å². The normalized spacial score (nSPS) is 10.8. The second kappa shape index (κ2) is 5.15. The zero-order valence-corrected chi connectivity index (χ0v) is 10.6. The molecular formula is C12H11ClS2. The second-order valence-corrected chi connectivity index (χ2v) is 5.28. The molecule has 0 aliphatic rings. The van der Waals surface area contributed by atoms with E-state index in [1.165, 1.54) is 15.7 Å². The van der Waals surface area contributed by atoms with E-state index in [0.717, 1.165) is 16.5 Å². The number of hydrogen-bond donors (Lipinski definition) is 1. The van der Waals surface area contributed by atoms with Gasteiger partial charge in [-0.05, 0) is 40.8 Å². The maximum atomic E-state index is 5.93. The van der Waals surface area contributed by atoms with Crippen LogP contribution in [0.1, 0.15) is 0 Å². The van der Waals surface area contributed by atoms with Gasteiger partial charge in [-0.1, -0.05) is 23.7 Å². The predicted octanol–water partition coefficient (Wildman–Crippen LogP) is 4.52. The van der Waals surface area contributed by atoms with Gasteiger partial charge < -0.3 is 0 Å². The molecule has 2 aromatic carbocycles. The molecule has 0 bridgehead atoms. The van der Waals surface area contributed by atoms with Gasteiger partial charge in [0.05, 0.1) is 0 Å². The van der Waals surface area contributed by atoms with Crippen molar-refractivity contribution in [2.24, 2.45) is 0 Å². The molecular weight excluding hydrogens is 244 g/mol. The largest absolute Gasteiger partial charge is 0.178 e. The smallest absolute Gasteiger partial charge is 0.0412 e. The Morgan fingerprint density at radius 1 is 1.07 bits per heavy atom. The Kier molecular flexibility index (Phi) is 3.84. The van der Waals surface area contributed by atoms with Crippen LogP contribution in [-0.4, -0.2) is 11.5 Å². The first kappa shape index (κ1) is 11.2. The number of fused-ring (bicyclic) bond motifs is 1. The lowest BCUT2D eigenvalue weighted by Gasteiger charge is -2.02. The Morgan fingerprint density at radius 2 is 1.80 bits per heavy atom. The number of hydrogen-bond acceptors (Lipinski definition) is 2. The Balaban J connectivity index is 2.34. The molecule has 0 unspecified atom stereocenters. The fourth-order valence-corrected chi connectivity index (χ4v) is 2.60. The summed E-state index contributed by atoms with van der Waals surface area (Å²) in [6.45, 7) is 0. The molecule has 0 aromatic heterocycles. The van der Waals surface area contributed by atoms with Crippen molar-refractivity contribution in [2.45, 2.75) is 4.90 Å². The summed E-state index contributed by atoms with van der Waals surface area (Å²) in [5.41, 5.74) is 0. The fraction of sp³-hybridized carbons (Fsp3) is 0.167. The van der Waals surface area contributed by atoms with Crippen LogP contribution in [0.2, 0.25) is 5.02 Å². The van der Waals surface area contributed by atoms with Crippen molar-refractivity contribution in [3.8, 4) is 0 Å². The number of thiol groups is 1. The summed E-state index contributed by atoms with van der Waals surface area (Å²) in [7, 11) is 0. The molecule has 3 heteroatoms. The molecule has 0 fully saturated rings. The van der Waals surface area contributed by atoms with Gasteiger partial charge in [0, 0.05) is 15.7 Å². The van der Waals surface area contributed by atoms with E-state index >= 15 is 0 Å². The van der Waals surface area contributed by atoms with Crippen molar-refractivity contribution < 1.29 is 0 Å². The van der Waals surface area contributed by atoms with Crippen LogP contribution >= 0.6 is 36.0 Å². The van der Waals surface area contributed by atoms with E-state index in [9.17, 15) is 0 Å². The second-order valence-electron chi connectivity index (χ2n) is 3.23. The third kappa shape index (κ3) is 2.83. The SMILES string of the molecule is SCCSc1ccc2cc(Cl)ccc2c1. The maximum Gasteiger partial charge on any atom is 0.0412 e. The van der Waals surface area contributed by atoms with Crippen LogP contribution in [0, 0.1) is 0 Å². The van der Waals surface area contributed by atoms with E-state index in [4.69, 9.17) is 11.6 Å². The highest BCUT2D eigenvalue weighted by Crippen LogP contribution is 2.25. The summed E-state index contributed by atoms with van der Waals surface area (Å²) in [4.78, 5) is 1.29. The zero-order valence-electron chi connectivity index (χ0n) is 8.11. The van der Waals surface area contributed by atoms with Crippen molar-refractivity contribution >= 4 is 46.8 Å². The number of rotatable bonds is 3. The standard InChI is InChI=1S/C12H11ClS2/c13-11-3-1-10-8-12(15-6-5-14)4-2-9(10)7-11/h1-4,7-8,14H,5-6H2. The molecule has 0 saturated heterocycles. The lowest BCUT2D eigenvalue weighted by molar-refractivity contribution is 1.47. The van der Waals surface area contributed by atoms with Crippen LogP contribution < -0.4 is 0 Å². The van der Waals surface area contributed by atoms with Crippen molar-refractivity contribution in [1.29, 1.82) is 0 Å². The topological polar surface area (TPSA) is 0 Å². The Hall–Kier alpha value is -0.310. The van der Waals surface area contributed by atoms with Gasteiger partial charge in [0.1, 0.15) is 0 Å². The van der Waals surface area contributed by atoms with E-state index in [1.54, 1.807) is 0 Å². The van der Waals surface area contributed by atoms with Crippen molar-refractivity contribution in [1.82, 2.24) is 0 Å². The molecule has 0 amide bonds. The average molecular weight is 255 g/mol. The minimum atomic E-state index is 0.790. The predicted molar refractivity (Wildman–Crippen MR) is 73.5 cm³/mol. The monoisotopic (exact) mass is 254 g/mol. The molecule has 0 spiro atoms. The van der Waals surface area contributed by atoms with Crippen LogP contribution in [0.4, 0.5) is 0 Å². The summed E-state index contributed by atoms with van der Waals surface area (Å²) < 4.78 is 0. The van der Waals surface area contributed by atoms with Gasteiger partial charge in [-0.15, -0.1) is 11.8 Å². The van der Waals surface area contributed by atoms with E-state index < -0.39 is 0 Å². The molecule has 2 aromatic rings. The molecule has 0 aliphatic carbocycles. The van der Waals surface area contributed by atoms with Gasteiger partial charge in [0.15, 0.2) is 0 Å². The molecule has 15 heavy (non-hydrogen) atoms. The van der Waals surface area contributed by atoms with E-state index in [2.05, 4.69) is 36.9 Å². The molecule has 78 valence electrons. The summed E-state index contributed by atoms with van der Waals surface area (Å²) in [5.74, 6) is 1.95. The summed E-state index contributed by atoms with van der Waals surface area (Å²) >= 11 is 12.0. The first-order valence-corrected chi connectivity index (χ1v) is 6.72. The molecule has 2 rings (SSSR count).